The highest BCUT2D eigenvalue weighted by molar-refractivity contribution is 5.70. The van der Waals surface area contributed by atoms with Crippen LogP contribution in [0.5, 0.6) is 0 Å². The van der Waals surface area contributed by atoms with Crippen molar-refractivity contribution in [3.05, 3.63) is 12.2 Å². The van der Waals surface area contributed by atoms with Crippen molar-refractivity contribution < 1.29 is 23.9 Å². The molecule has 1 atom stereocenters. The maximum atomic E-state index is 12.0. The van der Waals surface area contributed by atoms with Gasteiger partial charge in [-0.2, -0.15) is 0 Å². The zero-order valence-electron chi connectivity index (χ0n) is 20.1. The number of aliphatic carboxylic acids is 1. The van der Waals surface area contributed by atoms with Gasteiger partial charge in [0.1, 0.15) is 6.54 Å². The minimum absolute atomic E-state index is 0.242. The Bertz CT molecular complexity index is 468. The van der Waals surface area contributed by atoms with Gasteiger partial charge in [-0.1, -0.05) is 70.4 Å². The summed E-state index contributed by atoms with van der Waals surface area (Å²) in [5.41, 5.74) is 0. The fourth-order valence-corrected chi connectivity index (χ4v) is 3.53. The fraction of sp³-hybridized carbons (Fsp3) is 0.840. The summed E-state index contributed by atoms with van der Waals surface area (Å²) >= 11 is 0. The molecule has 0 aliphatic carbocycles. The van der Waals surface area contributed by atoms with Crippen LogP contribution in [0.4, 0.5) is 0 Å². The highest BCUT2D eigenvalue weighted by atomic mass is 16.5. The Morgan fingerprint density at radius 3 is 1.83 bits per heavy atom. The van der Waals surface area contributed by atoms with Crippen molar-refractivity contribution in [2.75, 3.05) is 27.7 Å². The van der Waals surface area contributed by atoms with Gasteiger partial charge >= 0.3 is 5.97 Å². The number of carboxylic acid groups (broad SMARTS) is 1. The molecule has 0 rings (SSSR count). The van der Waals surface area contributed by atoms with E-state index in [1.54, 1.807) is 0 Å². The largest absolute Gasteiger partial charge is 0.550 e. The third-order valence-electron chi connectivity index (χ3n) is 5.09. The number of nitrogens with zero attached hydrogens (tertiary/aromatic N) is 1. The van der Waals surface area contributed by atoms with Gasteiger partial charge < -0.3 is 19.1 Å². The lowest BCUT2D eigenvalue weighted by atomic mass is 10.1. The van der Waals surface area contributed by atoms with E-state index in [4.69, 9.17) is 4.74 Å². The molecule has 0 aromatic rings. The van der Waals surface area contributed by atoms with Crippen molar-refractivity contribution in [3.63, 3.8) is 0 Å². The first kappa shape index (κ1) is 28.6. The summed E-state index contributed by atoms with van der Waals surface area (Å²) < 4.78 is 5.91. The van der Waals surface area contributed by atoms with E-state index in [0.717, 1.165) is 25.7 Å². The predicted molar refractivity (Wildman–Crippen MR) is 122 cm³/mol. The minimum Gasteiger partial charge on any atom is -0.550 e. The van der Waals surface area contributed by atoms with Gasteiger partial charge in [-0.25, -0.2) is 0 Å². The smallest absolute Gasteiger partial charge is 0.306 e. The first-order chi connectivity index (χ1) is 14.2. The van der Waals surface area contributed by atoms with Gasteiger partial charge in [0.15, 0.2) is 6.10 Å². The van der Waals surface area contributed by atoms with Crippen LogP contribution in [0.1, 0.15) is 103 Å². The van der Waals surface area contributed by atoms with Crippen molar-refractivity contribution >= 4 is 11.9 Å². The summed E-state index contributed by atoms with van der Waals surface area (Å²) in [7, 11) is 5.83. The molecule has 176 valence electrons. The van der Waals surface area contributed by atoms with Crippen LogP contribution in [0.3, 0.4) is 0 Å². The second-order valence-electron chi connectivity index (χ2n) is 9.50. The molecule has 5 nitrogen and oxygen atoms in total. The van der Waals surface area contributed by atoms with E-state index in [9.17, 15) is 14.7 Å². The van der Waals surface area contributed by atoms with Gasteiger partial charge in [0.05, 0.1) is 21.1 Å². The maximum absolute atomic E-state index is 12.0. The molecule has 0 bridgehead atoms. The van der Waals surface area contributed by atoms with E-state index in [1.165, 1.54) is 57.8 Å². The van der Waals surface area contributed by atoms with Crippen LogP contribution in [0.15, 0.2) is 12.2 Å². The molecular formula is C25H47NO4. The van der Waals surface area contributed by atoms with Crippen LogP contribution in [-0.2, 0) is 14.3 Å². The number of hydrogen-bond donors (Lipinski definition) is 0. The van der Waals surface area contributed by atoms with E-state index in [2.05, 4.69) is 19.1 Å². The second-order valence-corrected chi connectivity index (χ2v) is 9.50. The van der Waals surface area contributed by atoms with Crippen molar-refractivity contribution in [1.29, 1.82) is 0 Å². The van der Waals surface area contributed by atoms with Crippen LogP contribution in [0.2, 0.25) is 0 Å². The number of rotatable bonds is 20. The second kappa shape index (κ2) is 18.4. The van der Waals surface area contributed by atoms with Gasteiger partial charge in [-0.15, -0.1) is 0 Å². The van der Waals surface area contributed by atoms with Gasteiger partial charge in [0.25, 0.3) is 0 Å². The number of carboxylic acids is 1. The van der Waals surface area contributed by atoms with Crippen LogP contribution in [0, 0.1) is 0 Å². The molecule has 0 saturated heterocycles. The van der Waals surface area contributed by atoms with Gasteiger partial charge in [0.2, 0.25) is 0 Å². The molecule has 0 unspecified atom stereocenters. The number of quaternary nitrogens is 1. The SMILES string of the molecule is CCCCCCCC/C=C/CCCCCCCC(=O)O[C@H](CC(=O)[O-])C[N+](C)(C)C. The monoisotopic (exact) mass is 425 g/mol. The zero-order valence-corrected chi connectivity index (χ0v) is 20.1. The lowest BCUT2D eigenvalue weighted by molar-refractivity contribution is -0.873. The number of ether oxygens (including phenoxy) is 1. The lowest BCUT2D eigenvalue weighted by Gasteiger charge is -2.29. The summed E-state index contributed by atoms with van der Waals surface area (Å²) in [5, 5.41) is 10.9. The van der Waals surface area contributed by atoms with Crippen molar-refractivity contribution in [3.8, 4) is 0 Å². The Hall–Kier alpha value is -1.36. The fourth-order valence-electron chi connectivity index (χ4n) is 3.53. The summed E-state index contributed by atoms with van der Waals surface area (Å²) in [6.45, 7) is 2.72. The molecular weight excluding hydrogens is 378 g/mol. The molecule has 0 aliphatic rings. The van der Waals surface area contributed by atoms with Crippen molar-refractivity contribution in [2.45, 2.75) is 109 Å². The number of carbonyl (C=O) groups is 2. The molecule has 0 aromatic heterocycles. The van der Waals surface area contributed by atoms with Crippen molar-refractivity contribution in [2.24, 2.45) is 0 Å². The Kier molecular flexibility index (Phi) is 17.6. The number of likely N-dealkylation sites (N-methyl/N-ethyl adjacent to an activating group) is 1. The molecule has 5 heteroatoms. The standard InChI is InChI=1S/C25H47NO4/c1-5-6-7-8-9-10-11-12-13-14-15-16-17-18-19-20-25(29)30-23(21-24(27)28)22-26(2,3)4/h12-13,23H,5-11,14-22H2,1-4H3/b13-12+/t23-/m1/s1. The highest BCUT2D eigenvalue weighted by Crippen LogP contribution is 2.12. The van der Waals surface area contributed by atoms with E-state index < -0.39 is 12.1 Å². The maximum Gasteiger partial charge on any atom is 0.306 e. The Balaban J connectivity index is 3.65. The molecule has 0 amide bonds. The van der Waals surface area contributed by atoms with E-state index >= 15 is 0 Å². The molecule has 30 heavy (non-hydrogen) atoms. The molecule has 0 aliphatic heterocycles. The number of carbonyl (C=O) groups excluding carboxylic acids is 2. The van der Waals surface area contributed by atoms with Gasteiger partial charge in [-0.05, 0) is 32.1 Å². The van der Waals surface area contributed by atoms with Gasteiger partial charge in [0, 0.05) is 18.8 Å². The normalized spacial score (nSPS) is 12.9. The number of unbranched alkanes of at least 4 members (excludes halogenated alkanes) is 11. The molecule has 0 heterocycles. The topological polar surface area (TPSA) is 66.4 Å². The zero-order chi connectivity index (χ0) is 22.7. The minimum atomic E-state index is -1.18. The predicted octanol–water partition coefficient (Wildman–Crippen LogP) is 4.78. The van der Waals surface area contributed by atoms with Crippen LogP contribution >= 0.6 is 0 Å². The first-order valence-electron chi connectivity index (χ1n) is 12.1. The van der Waals surface area contributed by atoms with E-state index in [0.29, 0.717) is 17.4 Å². The quantitative estimate of drug-likeness (QED) is 0.122. The summed E-state index contributed by atoms with van der Waals surface area (Å²) in [4.78, 5) is 22.9. The number of allylic oxidation sites excluding steroid dienone is 2. The highest BCUT2D eigenvalue weighted by Gasteiger charge is 2.22. The van der Waals surface area contributed by atoms with Crippen molar-refractivity contribution in [1.82, 2.24) is 0 Å². The molecule has 0 saturated carbocycles. The summed E-state index contributed by atoms with van der Waals surface area (Å²) in [6, 6.07) is 0. The summed E-state index contributed by atoms with van der Waals surface area (Å²) in [5.74, 6) is -1.48. The molecule has 0 fully saturated rings. The summed E-state index contributed by atoms with van der Waals surface area (Å²) in [6.07, 6.45) is 19.9. The Morgan fingerprint density at radius 1 is 0.833 bits per heavy atom. The lowest BCUT2D eigenvalue weighted by Crippen LogP contribution is -2.45. The third-order valence-corrected chi connectivity index (χ3v) is 5.09. The average molecular weight is 426 g/mol. The van der Waals surface area contributed by atoms with Crippen LogP contribution in [0.25, 0.3) is 0 Å². The van der Waals surface area contributed by atoms with Crippen LogP contribution in [-0.4, -0.2) is 50.2 Å². The number of esters is 1. The molecule has 0 aromatic carbocycles. The average Bonchev–Trinajstić information content (AvgIpc) is 2.63. The Labute approximate surface area is 185 Å². The van der Waals surface area contributed by atoms with E-state index in [1.807, 2.05) is 21.1 Å². The molecule has 0 spiro atoms. The van der Waals surface area contributed by atoms with Crippen LogP contribution < -0.4 is 5.11 Å². The number of hydrogen-bond acceptors (Lipinski definition) is 4. The first-order valence-corrected chi connectivity index (χ1v) is 12.1. The Morgan fingerprint density at radius 2 is 1.33 bits per heavy atom. The third kappa shape index (κ3) is 21.4. The molecule has 0 radical (unpaired) electrons. The van der Waals surface area contributed by atoms with Gasteiger partial charge in [-0.3, -0.25) is 4.79 Å². The molecule has 0 N–H and O–H groups in total. The van der Waals surface area contributed by atoms with E-state index in [-0.39, 0.29) is 12.4 Å².